The number of hydrogen-bond acceptors (Lipinski definition) is 7. The number of amides is 1. The number of aromatic nitrogens is 2. The molecule has 2 aliphatic rings. The van der Waals surface area contributed by atoms with Crippen molar-refractivity contribution in [1.29, 1.82) is 0 Å². The average Bonchev–Trinajstić information content (AvgIpc) is 2.74. The molecule has 1 fully saturated rings. The fourth-order valence-corrected chi connectivity index (χ4v) is 3.49. The van der Waals surface area contributed by atoms with Gasteiger partial charge in [0.15, 0.2) is 11.5 Å². The first-order valence-electron chi connectivity index (χ1n) is 9.56. The lowest BCUT2D eigenvalue weighted by atomic mass is 10.2. The van der Waals surface area contributed by atoms with Crippen molar-refractivity contribution >= 4 is 11.9 Å². The molecule has 3 heterocycles. The zero-order chi connectivity index (χ0) is 19.3. The van der Waals surface area contributed by atoms with Crippen molar-refractivity contribution in [1.82, 2.24) is 19.8 Å². The zero-order valence-electron chi connectivity index (χ0n) is 16.1. The standard InChI is InChI=1S/C20H25N5O3/c1-23(14-16-3-4-17-18(13-16)28-12-11-27-17)15-19(26)24-7-9-25(10-8-24)20-21-5-2-6-22-20/h2-6,13H,7-12,14-15H2,1H3. The Bertz CT molecular complexity index is 809. The first-order valence-corrected chi connectivity index (χ1v) is 9.56. The second kappa shape index (κ2) is 8.43. The van der Waals surface area contributed by atoms with Crippen LogP contribution in [0.5, 0.6) is 11.5 Å². The molecular weight excluding hydrogens is 358 g/mol. The van der Waals surface area contributed by atoms with E-state index < -0.39 is 0 Å². The number of carbonyl (C=O) groups is 1. The smallest absolute Gasteiger partial charge is 0.236 e. The van der Waals surface area contributed by atoms with Gasteiger partial charge < -0.3 is 19.3 Å². The molecule has 28 heavy (non-hydrogen) atoms. The van der Waals surface area contributed by atoms with Gasteiger partial charge in [-0.25, -0.2) is 9.97 Å². The molecule has 1 amide bonds. The maximum absolute atomic E-state index is 12.7. The van der Waals surface area contributed by atoms with Gasteiger partial charge in [-0.15, -0.1) is 0 Å². The first kappa shape index (κ1) is 18.5. The first-order chi connectivity index (χ1) is 13.7. The van der Waals surface area contributed by atoms with Gasteiger partial charge in [-0.3, -0.25) is 9.69 Å². The van der Waals surface area contributed by atoms with Crippen LogP contribution in [0, 0.1) is 0 Å². The molecule has 0 saturated carbocycles. The van der Waals surface area contributed by atoms with Crippen molar-refractivity contribution in [3.8, 4) is 11.5 Å². The van der Waals surface area contributed by atoms with Crippen molar-refractivity contribution in [2.75, 3.05) is 57.9 Å². The van der Waals surface area contributed by atoms with E-state index in [4.69, 9.17) is 9.47 Å². The minimum atomic E-state index is 0.147. The lowest BCUT2D eigenvalue weighted by Crippen LogP contribution is -2.51. The van der Waals surface area contributed by atoms with Gasteiger partial charge in [0.1, 0.15) is 13.2 Å². The van der Waals surface area contributed by atoms with Gasteiger partial charge in [-0.1, -0.05) is 6.07 Å². The lowest BCUT2D eigenvalue weighted by molar-refractivity contribution is -0.132. The van der Waals surface area contributed by atoms with E-state index in [0.29, 0.717) is 39.4 Å². The van der Waals surface area contributed by atoms with Crippen LogP contribution in [0.1, 0.15) is 5.56 Å². The number of rotatable bonds is 5. The van der Waals surface area contributed by atoms with Crippen LogP contribution in [-0.2, 0) is 11.3 Å². The molecule has 1 saturated heterocycles. The minimum absolute atomic E-state index is 0.147. The van der Waals surface area contributed by atoms with Crippen LogP contribution in [0.3, 0.4) is 0 Å². The summed E-state index contributed by atoms with van der Waals surface area (Å²) in [5, 5.41) is 0. The van der Waals surface area contributed by atoms with Crippen LogP contribution in [0.25, 0.3) is 0 Å². The van der Waals surface area contributed by atoms with Crippen LogP contribution in [0.15, 0.2) is 36.7 Å². The van der Waals surface area contributed by atoms with Gasteiger partial charge in [-0.05, 0) is 30.8 Å². The molecule has 8 heteroatoms. The summed E-state index contributed by atoms with van der Waals surface area (Å²) < 4.78 is 11.2. The molecule has 8 nitrogen and oxygen atoms in total. The number of anilines is 1. The zero-order valence-corrected chi connectivity index (χ0v) is 16.1. The molecule has 1 aromatic carbocycles. The van der Waals surface area contributed by atoms with Gasteiger partial charge in [-0.2, -0.15) is 0 Å². The van der Waals surface area contributed by atoms with E-state index in [1.54, 1.807) is 18.5 Å². The number of carbonyl (C=O) groups excluding carboxylic acids is 1. The van der Waals surface area contributed by atoms with Gasteiger partial charge >= 0.3 is 0 Å². The Labute approximate surface area is 164 Å². The summed E-state index contributed by atoms with van der Waals surface area (Å²) in [4.78, 5) is 27.3. The van der Waals surface area contributed by atoms with Gasteiger partial charge in [0, 0.05) is 45.1 Å². The molecule has 0 atom stereocenters. The summed E-state index contributed by atoms with van der Waals surface area (Å²) in [6, 6.07) is 7.76. The molecule has 0 unspecified atom stereocenters. The number of hydrogen-bond donors (Lipinski definition) is 0. The summed E-state index contributed by atoms with van der Waals surface area (Å²) >= 11 is 0. The second-order valence-corrected chi connectivity index (χ2v) is 7.07. The predicted octanol–water partition coefficient (Wildman–Crippen LogP) is 1.03. The van der Waals surface area contributed by atoms with Gasteiger partial charge in [0.05, 0.1) is 6.54 Å². The van der Waals surface area contributed by atoms with Gasteiger partial charge in [0.25, 0.3) is 0 Å². The molecular formula is C20H25N5O3. The lowest BCUT2D eigenvalue weighted by Gasteiger charge is -2.35. The Morgan fingerprint density at radius 2 is 1.79 bits per heavy atom. The number of ether oxygens (including phenoxy) is 2. The van der Waals surface area contributed by atoms with Crippen LogP contribution in [0.2, 0.25) is 0 Å². The number of likely N-dealkylation sites (N-methyl/N-ethyl adjacent to an activating group) is 1. The highest BCUT2D eigenvalue weighted by Crippen LogP contribution is 2.31. The highest BCUT2D eigenvalue weighted by atomic mass is 16.6. The minimum Gasteiger partial charge on any atom is -0.486 e. The van der Waals surface area contributed by atoms with Crippen molar-refractivity contribution < 1.29 is 14.3 Å². The van der Waals surface area contributed by atoms with E-state index in [-0.39, 0.29) is 5.91 Å². The summed E-state index contributed by atoms with van der Waals surface area (Å²) in [5.74, 6) is 2.44. The molecule has 0 aliphatic carbocycles. The third-order valence-corrected chi connectivity index (χ3v) is 4.93. The maximum Gasteiger partial charge on any atom is 0.236 e. The molecule has 0 radical (unpaired) electrons. The van der Waals surface area contributed by atoms with Crippen molar-refractivity contribution in [2.24, 2.45) is 0 Å². The number of benzene rings is 1. The molecule has 0 N–H and O–H groups in total. The topological polar surface area (TPSA) is 71.0 Å². The Morgan fingerprint density at radius 3 is 2.54 bits per heavy atom. The SMILES string of the molecule is CN(CC(=O)N1CCN(c2ncccn2)CC1)Cc1ccc2c(c1)OCCO2. The highest BCUT2D eigenvalue weighted by Gasteiger charge is 2.23. The van der Waals surface area contributed by atoms with Crippen LogP contribution in [-0.4, -0.2) is 78.7 Å². The fourth-order valence-electron chi connectivity index (χ4n) is 3.49. The molecule has 4 rings (SSSR count). The molecule has 148 valence electrons. The monoisotopic (exact) mass is 383 g/mol. The van der Waals surface area contributed by atoms with Crippen molar-refractivity contribution in [2.45, 2.75) is 6.54 Å². The Morgan fingerprint density at radius 1 is 1.07 bits per heavy atom. The summed E-state index contributed by atoms with van der Waals surface area (Å²) in [6.07, 6.45) is 3.49. The quantitative estimate of drug-likeness (QED) is 0.764. The van der Waals surface area contributed by atoms with E-state index in [1.807, 2.05) is 35.0 Å². The number of piperazine rings is 1. The molecule has 0 spiro atoms. The molecule has 1 aromatic heterocycles. The van der Waals surface area contributed by atoms with E-state index >= 15 is 0 Å². The third-order valence-electron chi connectivity index (χ3n) is 4.93. The maximum atomic E-state index is 12.7. The average molecular weight is 383 g/mol. The normalized spacial score (nSPS) is 16.4. The van der Waals surface area contributed by atoms with E-state index in [0.717, 1.165) is 36.1 Å². The van der Waals surface area contributed by atoms with Crippen LogP contribution >= 0.6 is 0 Å². The van der Waals surface area contributed by atoms with E-state index in [1.165, 1.54) is 0 Å². The van der Waals surface area contributed by atoms with E-state index in [9.17, 15) is 4.79 Å². The Hall–Kier alpha value is -2.87. The van der Waals surface area contributed by atoms with Crippen molar-refractivity contribution in [3.63, 3.8) is 0 Å². The Balaban J connectivity index is 1.27. The summed E-state index contributed by atoms with van der Waals surface area (Å²) in [7, 11) is 1.96. The van der Waals surface area contributed by atoms with Crippen LogP contribution < -0.4 is 14.4 Å². The fraction of sp³-hybridized carbons (Fsp3) is 0.450. The molecule has 0 bridgehead atoms. The number of fused-ring (bicyclic) bond motifs is 1. The number of nitrogens with zero attached hydrogens (tertiary/aromatic N) is 5. The van der Waals surface area contributed by atoms with Crippen molar-refractivity contribution in [3.05, 3.63) is 42.2 Å². The predicted molar refractivity (Wildman–Crippen MR) is 105 cm³/mol. The second-order valence-electron chi connectivity index (χ2n) is 7.07. The molecule has 2 aliphatic heterocycles. The largest absolute Gasteiger partial charge is 0.486 e. The summed E-state index contributed by atoms with van der Waals surface area (Å²) in [5.41, 5.74) is 1.10. The highest BCUT2D eigenvalue weighted by molar-refractivity contribution is 5.78. The van der Waals surface area contributed by atoms with E-state index in [2.05, 4.69) is 14.9 Å². The molecule has 2 aromatic rings. The third kappa shape index (κ3) is 4.33. The summed E-state index contributed by atoms with van der Waals surface area (Å²) in [6.45, 7) is 5.11. The Kier molecular flexibility index (Phi) is 5.57. The van der Waals surface area contributed by atoms with Crippen LogP contribution in [0.4, 0.5) is 5.95 Å². The van der Waals surface area contributed by atoms with Gasteiger partial charge in [0.2, 0.25) is 11.9 Å².